The molecule has 0 atom stereocenters. The fraction of sp³-hybridized carbons (Fsp3) is 0.185. The van der Waals surface area contributed by atoms with Crippen LogP contribution in [0.1, 0.15) is 17.5 Å². The van der Waals surface area contributed by atoms with E-state index in [-0.39, 0.29) is 11.5 Å². The van der Waals surface area contributed by atoms with Gasteiger partial charge >= 0.3 is 5.63 Å². The molecule has 0 spiro atoms. The zero-order chi connectivity index (χ0) is 22.2. The summed E-state index contributed by atoms with van der Waals surface area (Å²) in [7, 11) is 0. The molecule has 4 aromatic rings. The smallest absolute Gasteiger partial charge is 0.338 e. The van der Waals surface area contributed by atoms with E-state index in [0.29, 0.717) is 31.6 Å². The molecule has 3 aromatic carbocycles. The lowest BCUT2D eigenvalue weighted by Gasteiger charge is -2.23. The highest BCUT2D eigenvalue weighted by molar-refractivity contribution is 5.89. The Kier molecular flexibility index (Phi) is 6.98. The van der Waals surface area contributed by atoms with E-state index >= 15 is 0 Å². The zero-order valence-electron chi connectivity index (χ0n) is 17.9. The predicted octanol–water partition coefficient (Wildman–Crippen LogP) is 4.87. The summed E-state index contributed by atoms with van der Waals surface area (Å²) in [5, 5.41) is 4.21. The third-order valence-electron chi connectivity index (χ3n) is 5.34. The average Bonchev–Trinajstić information content (AvgIpc) is 2.82. The van der Waals surface area contributed by atoms with Crippen LogP contribution in [0.2, 0.25) is 0 Å². The molecule has 1 heterocycles. The monoisotopic (exact) mass is 426 g/mol. The van der Waals surface area contributed by atoms with E-state index < -0.39 is 0 Å². The molecule has 1 aromatic heterocycles. The molecule has 0 saturated carbocycles. The SMILES string of the molecule is O=C(Cc1ccccc1)N(CCCNc1cc(=O)oc2ccccc12)Cc1ccccc1. The summed E-state index contributed by atoms with van der Waals surface area (Å²) >= 11 is 0. The number of nitrogens with zero attached hydrogens (tertiary/aromatic N) is 1. The summed E-state index contributed by atoms with van der Waals surface area (Å²) in [5.74, 6) is 0.103. The lowest BCUT2D eigenvalue weighted by molar-refractivity contribution is -0.131. The summed E-state index contributed by atoms with van der Waals surface area (Å²) < 4.78 is 5.25. The van der Waals surface area contributed by atoms with Crippen molar-refractivity contribution in [1.82, 2.24) is 4.90 Å². The van der Waals surface area contributed by atoms with Crippen molar-refractivity contribution in [1.29, 1.82) is 0 Å². The van der Waals surface area contributed by atoms with Crippen LogP contribution in [0.5, 0.6) is 0 Å². The minimum Gasteiger partial charge on any atom is -0.423 e. The molecule has 0 aliphatic heterocycles. The van der Waals surface area contributed by atoms with Crippen LogP contribution in [0.25, 0.3) is 11.0 Å². The fourth-order valence-electron chi connectivity index (χ4n) is 3.73. The van der Waals surface area contributed by atoms with Crippen molar-refractivity contribution < 1.29 is 9.21 Å². The number of hydrogen-bond donors (Lipinski definition) is 1. The van der Waals surface area contributed by atoms with E-state index in [1.54, 1.807) is 6.07 Å². The number of carbonyl (C=O) groups excluding carboxylic acids is 1. The van der Waals surface area contributed by atoms with Gasteiger partial charge in [0.1, 0.15) is 5.58 Å². The van der Waals surface area contributed by atoms with Gasteiger partial charge in [0.05, 0.1) is 12.1 Å². The second kappa shape index (κ2) is 10.4. The predicted molar refractivity (Wildman–Crippen MR) is 128 cm³/mol. The lowest BCUT2D eigenvalue weighted by Crippen LogP contribution is -2.33. The number of amides is 1. The van der Waals surface area contributed by atoms with E-state index in [4.69, 9.17) is 4.42 Å². The maximum atomic E-state index is 13.1. The largest absolute Gasteiger partial charge is 0.423 e. The Bertz CT molecular complexity index is 1220. The molecule has 0 aliphatic carbocycles. The number of fused-ring (bicyclic) bond motifs is 1. The first-order valence-corrected chi connectivity index (χ1v) is 10.8. The minimum atomic E-state index is -0.380. The quantitative estimate of drug-likeness (QED) is 0.306. The van der Waals surface area contributed by atoms with Gasteiger partial charge in [-0.15, -0.1) is 0 Å². The molecule has 4 rings (SSSR count). The topological polar surface area (TPSA) is 62.6 Å². The Morgan fingerprint density at radius 1 is 0.844 bits per heavy atom. The summed E-state index contributed by atoms with van der Waals surface area (Å²) in [6, 6.07) is 28.8. The zero-order valence-corrected chi connectivity index (χ0v) is 17.9. The summed E-state index contributed by atoms with van der Waals surface area (Å²) in [5.41, 5.74) is 3.05. The van der Waals surface area contributed by atoms with Gasteiger partial charge in [-0.3, -0.25) is 4.79 Å². The normalized spacial score (nSPS) is 10.8. The van der Waals surface area contributed by atoms with Gasteiger partial charge < -0.3 is 14.6 Å². The Morgan fingerprint density at radius 3 is 2.25 bits per heavy atom. The molecule has 0 saturated heterocycles. The van der Waals surface area contributed by atoms with E-state index in [2.05, 4.69) is 5.32 Å². The van der Waals surface area contributed by atoms with E-state index in [0.717, 1.165) is 28.6 Å². The molecule has 0 unspecified atom stereocenters. The van der Waals surface area contributed by atoms with Crippen molar-refractivity contribution in [2.45, 2.75) is 19.4 Å². The molecule has 0 radical (unpaired) electrons. The molecule has 1 amide bonds. The van der Waals surface area contributed by atoms with Crippen LogP contribution in [0.15, 0.2) is 100 Å². The van der Waals surface area contributed by atoms with Crippen molar-refractivity contribution in [2.24, 2.45) is 0 Å². The molecule has 32 heavy (non-hydrogen) atoms. The molecule has 0 bridgehead atoms. The van der Waals surface area contributed by atoms with Crippen LogP contribution in [0, 0.1) is 0 Å². The van der Waals surface area contributed by atoms with Crippen LogP contribution in [-0.4, -0.2) is 23.9 Å². The van der Waals surface area contributed by atoms with Crippen LogP contribution in [0.3, 0.4) is 0 Å². The van der Waals surface area contributed by atoms with Crippen LogP contribution in [-0.2, 0) is 17.8 Å². The van der Waals surface area contributed by atoms with Crippen LogP contribution in [0.4, 0.5) is 5.69 Å². The highest BCUT2D eigenvalue weighted by Gasteiger charge is 2.14. The summed E-state index contributed by atoms with van der Waals surface area (Å²) in [4.78, 5) is 26.8. The van der Waals surface area contributed by atoms with Gasteiger partial charge in [-0.1, -0.05) is 72.8 Å². The Morgan fingerprint density at radius 2 is 1.50 bits per heavy atom. The lowest BCUT2D eigenvalue weighted by atomic mass is 10.1. The second-order valence-corrected chi connectivity index (χ2v) is 7.72. The second-order valence-electron chi connectivity index (χ2n) is 7.72. The van der Waals surface area contributed by atoms with Crippen molar-refractivity contribution in [3.8, 4) is 0 Å². The van der Waals surface area contributed by atoms with Gasteiger partial charge in [0.15, 0.2) is 0 Å². The number of para-hydroxylation sites is 1. The molecule has 0 fully saturated rings. The average molecular weight is 427 g/mol. The molecule has 162 valence electrons. The van der Waals surface area contributed by atoms with Gasteiger partial charge in [0.2, 0.25) is 5.91 Å². The van der Waals surface area contributed by atoms with Crippen LogP contribution >= 0.6 is 0 Å². The number of nitrogens with one attached hydrogen (secondary N) is 1. The van der Waals surface area contributed by atoms with Crippen LogP contribution < -0.4 is 10.9 Å². The molecule has 5 heteroatoms. The van der Waals surface area contributed by atoms with Gasteiger partial charge in [-0.05, 0) is 29.7 Å². The first-order valence-electron chi connectivity index (χ1n) is 10.8. The van der Waals surface area contributed by atoms with Gasteiger partial charge in [-0.25, -0.2) is 4.79 Å². The van der Waals surface area contributed by atoms with Crippen molar-refractivity contribution in [3.63, 3.8) is 0 Å². The third kappa shape index (κ3) is 5.64. The maximum Gasteiger partial charge on any atom is 0.338 e. The number of rotatable bonds is 9. The Labute approximate surface area is 187 Å². The Hall–Kier alpha value is -3.86. The summed E-state index contributed by atoms with van der Waals surface area (Å²) in [6.07, 6.45) is 1.13. The number of anilines is 1. The number of carbonyl (C=O) groups is 1. The molecule has 5 nitrogen and oxygen atoms in total. The molecular weight excluding hydrogens is 400 g/mol. The van der Waals surface area contributed by atoms with E-state index in [1.807, 2.05) is 83.8 Å². The molecule has 0 aliphatic rings. The first-order chi connectivity index (χ1) is 15.7. The first kappa shape index (κ1) is 21.4. The number of benzene rings is 3. The van der Waals surface area contributed by atoms with Crippen molar-refractivity contribution in [3.05, 3.63) is 113 Å². The van der Waals surface area contributed by atoms with Gasteiger partial charge in [0, 0.05) is 31.1 Å². The fourth-order valence-corrected chi connectivity index (χ4v) is 3.73. The number of hydrogen-bond acceptors (Lipinski definition) is 4. The molecule has 1 N–H and O–H groups in total. The van der Waals surface area contributed by atoms with E-state index in [1.165, 1.54) is 6.07 Å². The minimum absolute atomic E-state index is 0.103. The standard InChI is InChI=1S/C27H26N2O3/c30-26(18-21-10-3-1-4-11-21)29(20-22-12-5-2-6-13-22)17-9-16-28-24-19-27(31)32-25-15-8-7-14-23(24)25/h1-8,10-15,19,28H,9,16-18,20H2. The maximum absolute atomic E-state index is 13.1. The van der Waals surface area contributed by atoms with Crippen molar-refractivity contribution in [2.75, 3.05) is 18.4 Å². The van der Waals surface area contributed by atoms with E-state index in [9.17, 15) is 9.59 Å². The summed E-state index contributed by atoms with van der Waals surface area (Å²) in [6.45, 7) is 1.83. The van der Waals surface area contributed by atoms with Gasteiger partial charge in [0.25, 0.3) is 0 Å². The highest BCUT2D eigenvalue weighted by atomic mass is 16.4. The Balaban J connectivity index is 1.41. The van der Waals surface area contributed by atoms with Crippen molar-refractivity contribution >= 4 is 22.6 Å². The highest BCUT2D eigenvalue weighted by Crippen LogP contribution is 2.21. The van der Waals surface area contributed by atoms with Gasteiger partial charge in [-0.2, -0.15) is 0 Å². The third-order valence-corrected chi connectivity index (χ3v) is 5.34. The molecular formula is C27H26N2O3.